The zero-order valence-electron chi connectivity index (χ0n) is 10.1. The number of nitrogens with one attached hydrogen (secondary N) is 1. The summed E-state index contributed by atoms with van der Waals surface area (Å²) in [6.07, 6.45) is 4.53. The molecule has 0 unspecified atom stereocenters. The molecule has 2 rings (SSSR count). The van der Waals surface area contributed by atoms with E-state index in [9.17, 15) is 8.42 Å². The molecule has 1 N–H and O–H groups in total. The summed E-state index contributed by atoms with van der Waals surface area (Å²) >= 11 is 0. The van der Waals surface area contributed by atoms with Gasteiger partial charge >= 0.3 is 0 Å². The van der Waals surface area contributed by atoms with E-state index in [4.69, 9.17) is 5.26 Å². The van der Waals surface area contributed by atoms with Crippen molar-refractivity contribution in [3.05, 3.63) is 29.8 Å². The topological polar surface area (TPSA) is 70.0 Å². The van der Waals surface area contributed by atoms with E-state index >= 15 is 0 Å². The zero-order chi connectivity index (χ0) is 13.0. The Hall–Kier alpha value is -1.54. The predicted octanol–water partition coefficient (Wildman–Crippen LogP) is 2.63. The van der Waals surface area contributed by atoms with Crippen molar-refractivity contribution in [1.82, 2.24) is 0 Å². The molecule has 1 saturated carbocycles. The van der Waals surface area contributed by atoms with E-state index in [1.54, 1.807) is 24.3 Å². The van der Waals surface area contributed by atoms with Gasteiger partial charge in [-0.15, -0.1) is 0 Å². The van der Waals surface area contributed by atoms with Gasteiger partial charge in [-0.2, -0.15) is 5.26 Å². The molecule has 1 aromatic carbocycles. The van der Waals surface area contributed by atoms with Crippen LogP contribution in [-0.4, -0.2) is 13.7 Å². The highest BCUT2D eigenvalue weighted by molar-refractivity contribution is 7.93. The molecule has 4 nitrogen and oxygen atoms in total. The molecule has 0 amide bonds. The zero-order valence-corrected chi connectivity index (χ0v) is 10.9. The van der Waals surface area contributed by atoms with Crippen molar-refractivity contribution in [2.24, 2.45) is 0 Å². The van der Waals surface area contributed by atoms with Gasteiger partial charge in [0.15, 0.2) is 0 Å². The standard InChI is InChI=1S/C13H16N2O2S/c14-10-11-5-4-6-12(9-11)15-18(16,17)13-7-2-1-3-8-13/h4-6,9,13,15H,1-3,7-8H2. The van der Waals surface area contributed by atoms with Crippen LogP contribution in [0.25, 0.3) is 0 Å². The molecule has 1 aromatic rings. The van der Waals surface area contributed by atoms with E-state index in [0.717, 1.165) is 32.1 Å². The number of hydrogen-bond donors (Lipinski definition) is 1. The van der Waals surface area contributed by atoms with Crippen molar-refractivity contribution in [2.45, 2.75) is 37.4 Å². The van der Waals surface area contributed by atoms with E-state index in [2.05, 4.69) is 4.72 Å². The number of nitrogens with zero attached hydrogens (tertiary/aromatic N) is 1. The minimum atomic E-state index is -3.32. The Labute approximate surface area is 108 Å². The summed E-state index contributed by atoms with van der Waals surface area (Å²) in [5.41, 5.74) is 0.929. The fraction of sp³-hybridized carbons (Fsp3) is 0.462. The van der Waals surface area contributed by atoms with Gasteiger partial charge in [-0.3, -0.25) is 4.72 Å². The molecule has 0 spiro atoms. The maximum absolute atomic E-state index is 12.2. The third-order valence-electron chi connectivity index (χ3n) is 3.24. The lowest BCUT2D eigenvalue weighted by atomic mass is 10.0. The molecular formula is C13H16N2O2S. The fourth-order valence-corrected chi connectivity index (χ4v) is 3.85. The van der Waals surface area contributed by atoms with Gasteiger partial charge in [0.2, 0.25) is 10.0 Å². The Morgan fingerprint density at radius 2 is 1.94 bits per heavy atom. The van der Waals surface area contributed by atoms with E-state index in [1.807, 2.05) is 6.07 Å². The molecule has 0 heterocycles. The molecule has 0 bridgehead atoms. The van der Waals surface area contributed by atoms with E-state index in [0.29, 0.717) is 11.3 Å². The van der Waals surface area contributed by atoms with Crippen LogP contribution in [0.2, 0.25) is 0 Å². The predicted molar refractivity (Wildman–Crippen MR) is 70.6 cm³/mol. The largest absolute Gasteiger partial charge is 0.283 e. The maximum Gasteiger partial charge on any atom is 0.235 e. The molecule has 1 aliphatic rings. The van der Waals surface area contributed by atoms with Crippen molar-refractivity contribution in [3.63, 3.8) is 0 Å². The summed E-state index contributed by atoms with van der Waals surface area (Å²) in [4.78, 5) is 0. The first-order valence-corrected chi connectivity index (χ1v) is 7.68. The van der Waals surface area contributed by atoms with Gasteiger partial charge in [0, 0.05) is 5.69 Å². The molecule has 18 heavy (non-hydrogen) atoms. The molecule has 96 valence electrons. The van der Waals surface area contributed by atoms with E-state index in [-0.39, 0.29) is 5.25 Å². The number of hydrogen-bond acceptors (Lipinski definition) is 3. The lowest BCUT2D eigenvalue weighted by Crippen LogP contribution is -2.29. The third-order valence-corrected chi connectivity index (χ3v) is 5.11. The first-order chi connectivity index (χ1) is 8.62. The quantitative estimate of drug-likeness (QED) is 0.912. The van der Waals surface area contributed by atoms with Crippen molar-refractivity contribution < 1.29 is 8.42 Å². The summed E-state index contributed by atoms with van der Waals surface area (Å²) in [7, 11) is -3.32. The van der Waals surface area contributed by atoms with Crippen LogP contribution in [-0.2, 0) is 10.0 Å². The average molecular weight is 264 g/mol. The Morgan fingerprint density at radius 1 is 1.22 bits per heavy atom. The first-order valence-electron chi connectivity index (χ1n) is 6.13. The van der Waals surface area contributed by atoms with Gasteiger partial charge in [-0.1, -0.05) is 25.3 Å². The number of anilines is 1. The number of nitriles is 1. The number of sulfonamides is 1. The Bertz CT molecular complexity index is 555. The number of rotatable bonds is 3. The molecule has 0 atom stereocenters. The molecule has 1 fully saturated rings. The summed E-state index contributed by atoms with van der Waals surface area (Å²) in [5, 5.41) is 8.49. The second-order valence-electron chi connectivity index (χ2n) is 4.60. The Balaban J connectivity index is 2.14. The monoisotopic (exact) mass is 264 g/mol. The minimum absolute atomic E-state index is 0.294. The normalized spacial score (nSPS) is 17.1. The van der Waals surface area contributed by atoms with Crippen LogP contribution in [0.4, 0.5) is 5.69 Å². The first kappa shape index (κ1) is 12.9. The fourth-order valence-electron chi connectivity index (χ4n) is 2.28. The van der Waals surface area contributed by atoms with Crippen molar-refractivity contribution >= 4 is 15.7 Å². The average Bonchev–Trinajstić information content (AvgIpc) is 2.39. The Kier molecular flexibility index (Phi) is 3.87. The lowest BCUT2D eigenvalue weighted by Gasteiger charge is -2.22. The molecule has 0 aromatic heterocycles. The van der Waals surface area contributed by atoms with E-state index in [1.165, 1.54) is 0 Å². The van der Waals surface area contributed by atoms with Crippen LogP contribution in [0, 0.1) is 11.3 Å². The van der Waals surface area contributed by atoms with Crippen LogP contribution >= 0.6 is 0 Å². The number of benzene rings is 1. The van der Waals surface area contributed by atoms with Crippen LogP contribution in [0.3, 0.4) is 0 Å². The summed E-state index contributed by atoms with van der Waals surface area (Å²) in [6, 6.07) is 8.55. The maximum atomic E-state index is 12.2. The van der Waals surface area contributed by atoms with Gasteiger partial charge in [-0.25, -0.2) is 8.42 Å². The highest BCUT2D eigenvalue weighted by Gasteiger charge is 2.27. The van der Waals surface area contributed by atoms with Crippen LogP contribution in [0.5, 0.6) is 0 Å². The van der Waals surface area contributed by atoms with Gasteiger partial charge in [0.1, 0.15) is 0 Å². The SMILES string of the molecule is N#Cc1cccc(NS(=O)(=O)C2CCCCC2)c1. The van der Waals surface area contributed by atoms with Gasteiger partial charge in [0.05, 0.1) is 16.9 Å². The highest BCUT2D eigenvalue weighted by atomic mass is 32.2. The summed E-state index contributed by atoms with van der Waals surface area (Å²) in [5.74, 6) is 0. The second-order valence-corrected chi connectivity index (χ2v) is 6.56. The molecule has 0 saturated heterocycles. The van der Waals surface area contributed by atoms with Crippen molar-refractivity contribution in [3.8, 4) is 6.07 Å². The third kappa shape index (κ3) is 3.02. The lowest BCUT2D eigenvalue weighted by molar-refractivity contribution is 0.486. The molecule has 5 heteroatoms. The molecule has 1 aliphatic carbocycles. The van der Waals surface area contributed by atoms with Crippen molar-refractivity contribution in [2.75, 3.05) is 4.72 Å². The van der Waals surface area contributed by atoms with Crippen LogP contribution in [0.1, 0.15) is 37.7 Å². The van der Waals surface area contributed by atoms with Crippen LogP contribution < -0.4 is 4.72 Å². The Morgan fingerprint density at radius 3 is 2.61 bits per heavy atom. The second kappa shape index (κ2) is 5.40. The van der Waals surface area contributed by atoms with Crippen molar-refractivity contribution in [1.29, 1.82) is 5.26 Å². The van der Waals surface area contributed by atoms with Gasteiger partial charge < -0.3 is 0 Å². The molecule has 0 radical (unpaired) electrons. The van der Waals surface area contributed by atoms with Gasteiger partial charge in [0.25, 0.3) is 0 Å². The minimum Gasteiger partial charge on any atom is -0.283 e. The molecule has 0 aliphatic heterocycles. The smallest absolute Gasteiger partial charge is 0.235 e. The summed E-state index contributed by atoms with van der Waals surface area (Å²) < 4.78 is 26.9. The van der Waals surface area contributed by atoms with Gasteiger partial charge in [-0.05, 0) is 31.0 Å². The summed E-state index contributed by atoms with van der Waals surface area (Å²) in [6.45, 7) is 0. The highest BCUT2D eigenvalue weighted by Crippen LogP contribution is 2.25. The molecular weight excluding hydrogens is 248 g/mol. The van der Waals surface area contributed by atoms with Crippen LogP contribution in [0.15, 0.2) is 24.3 Å². The van der Waals surface area contributed by atoms with E-state index < -0.39 is 10.0 Å².